The number of carbonyl (C=O) groups excluding carboxylic acids is 2. The van der Waals surface area contributed by atoms with Gasteiger partial charge in [-0.3, -0.25) is 9.59 Å². The predicted octanol–water partition coefficient (Wildman–Crippen LogP) is 5.98. The third-order valence-electron chi connectivity index (χ3n) is 8.10. The lowest BCUT2D eigenvalue weighted by Gasteiger charge is -2.31. The Balaban J connectivity index is 1.27. The van der Waals surface area contributed by atoms with Crippen LogP contribution in [0.25, 0.3) is 11.1 Å². The molecule has 2 aliphatic carbocycles. The van der Waals surface area contributed by atoms with Crippen LogP contribution in [-0.2, 0) is 20.9 Å². The topological polar surface area (TPSA) is 95.9 Å². The van der Waals surface area contributed by atoms with Crippen molar-refractivity contribution in [3.05, 3.63) is 95.6 Å². The van der Waals surface area contributed by atoms with Crippen molar-refractivity contribution in [3.63, 3.8) is 0 Å². The number of carbonyl (C=O) groups is 3. The molecule has 0 aromatic heterocycles. The van der Waals surface area contributed by atoms with Crippen LogP contribution in [-0.4, -0.2) is 47.2 Å². The first-order valence-corrected chi connectivity index (χ1v) is 14.2. The Morgan fingerprint density at radius 3 is 2.12 bits per heavy atom. The minimum atomic E-state index is -0.944. The van der Waals surface area contributed by atoms with Crippen LogP contribution in [0.1, 0.15) is 61.1 Å². The number of nitrogens with one attached hydrogen (secondary N) is 1. The van der Waals surface area contributed by atoms with Crippen molar-refractivity contribution in [1.82, 2.24) is 10.2 Å². The van der Waals surface area contributed by atoms with E-state index in [2.05, 4.69) is 29.6 Å². The van der Waals surface area contributed by atoms with Gasteiger partial charge in [0.1, 0.15) is 6.61 Å². The first-order chi connectivity index (χ1) is 19.5. The van der Waals surface area contributed by atoms with E-state index in [1.165, 1.54) is 11.1 Å². The molecular weight excluding hydrogens is 504 g/mol. The highest BCUT2D eigenvalue weighted by molar-refractivity contribution is 5.81. The van der Waals surface area contributed by atoms with Gasteiger partial charge in [-0.15, -0.1) is 0 Å². The highest BCUT2D eigenvalue weighted by Crippen LogP contribution is 2.44. The highest BCUT2D eigenvalue weighted by Gasteiger charge is 2.35. The Morgan fingerprint density at radius 2 is 1.45 bits per heavy atom. The summed E-state index contributed by atoms with van der Waals surface area (Å²) in [5.41, 5.74) is 5.57. The summed E-state index contributed by atoms with van der Waals surface area (Å²) in [7, 11) is 0. The third kappa shape index (κ3) is 6.36. The Kier molecular flexibility index (Phi) is 8.79. The molecule has 208 valence electrons. The normalized spacial score (nSPS) is 18.2. The highest BCUT2D eigenvalue weighted by atomic mass is 16.5. The molecule has 7 nitrogen and oxygen atoms in total. The molecule has 2 unspecified atom stereocenters. The van der Waals surface area contributed by atoms with Crippen molar-refractivity contribution >= 4 is 18.0 Å². The molecule has 1 fully saturated rings. The zero-order valence-electron chi connectivity index (χ0n) is 22.6. The van der Waals surface area contributed by atoms with E-state index in [0.29, 0.717) is 19.4 Å². The van der Waals surface area contributed by atoms with Gasteiger partial charge in [0.2, 0.25) is 5.91 Å². The second kappa shape index (κ2) is 12.8. The molecule has 3 aromatic rings. The summed E-state index contributed by atoms with van der Waals surface area (Å²) in [6.07, 6.45) is 3.45. The summed E-state index contributed by atoms with van der Waals surface area (Å²) >= 11 is 0. The van der Waals surface area contributed by atoms with Crippen LogP contribution in [0.15, 0.2) is 78.9 Å². The number of benzene rings is 3. The monoisotopic (exact) mass is 540 g/mol. The lowest BCUT2D eigenvalue weighted by atomic mass is 9.93. The van der Waals surface area contributed by atoms with E-state index < -0.39 is 18.0 Å². The summed E-state index contributed by atoms with van der Waals surface area (Å²) in [4.78, 5) is 39.9. The Morgan fingerprint density at radius 1 is 0.825 bits per heavy atom. The van der Waals surface area contributed by atoms with Gasteiger partial charge < -0.3 is 20.1 Å². The average Bonchev–Trinajstić information content (AvgIpc) is 3.10. The number of aliphatic carboxylic acids is 1. The van der Waals surface area contributed by atoms with Crippen molar-refractivity contribution in [3.8, 4) is 11.1 Å². The number of fused-ring (bicyclic) bond motifs is 3. The fraction of sp³-hybridized carbons (Fsp3) is 0.364. The molecule has 7 heteroatoms. The first-order valence-electron chi connectivity index (χ1n) is 14.2. The molecule has 1 saturated carbocycles. The SMILES string of the molecule is O=C(O)CCN(Cc1ccccc1)C(=O)C1CCCCCC1NC(=O)OCC1c2ccccc2-c2ccccc21. The maximum absolute atomic E-state index is 13.8. The fourth-order valence-electron chi connectivity index (χ4n) is 6.10. The lowest BCUT2D eigenvalue weighted by Crippen LogP contribution is -2.48. The number of rotatable bonds is 9. The smallest absolute Gasteiger partial charge is 0.407 e. The predicted molar refractivity (Wildman–Crippen MR) is 153 cm³/mol. The summed E-state index contributed by atoms with van der Waals surface area (Å²) < 4.78 is 5.79. The summed E-state index contributed by atoms with van der Waals surface area (Å²) in [5.74, 6) is -1.53. The zero-order valence-corrected chi connectivity index (χ0v) is 22.6. The lowest BCUT2D eigenvalue weighted by molar-refractivity contribution is -0.140. The quantitative estimate of drug-likeness (QED) is 0.326. The van der Waals surface area contributed by atoms with Gasteiger partial charge in [-0.05, 0) is 40.7 Å². The molecule has 3 aromatic carbocycles. The molecule has 0 radical (unpaired) electrons. The number of carboxylic acids is 1. The molecule has 40 heavy (non-hydrogen) atoms. The zero-order chi connectivity index (χ0) is 27.9. The number of hydrogen-bond donors (Lipinski definition) is 2. The molecule has 5 rings (SSSR count). The van der Waals surface area contributed by atoms with E-state index in [0.717, 1.165) is 36.0 Å². The van der Waals surface area contributed by atoms with Crippen LogP contribution in [0, 0.1) is 5.92 Å². The molecular formula is C33H36N2O5. The molecule has 0 aliphatic heterocycles. The summed E-state index contributed by atoms with van der Waals surface area (Å²) in [5, 5.41) is 12.3. The summed E-state index contributed by atoms with van der Waals surface area (Å²) in [6.45, 7) is 0.669. The van der Waals surface area contributed by atoms with E-state index >= 15 is 0 Å². The van der Waals surface area contributed by atoms with Gasteiger partial charge in [0.05, 0.1) is 12.3 Å². The second-order valence-electron chi connectivity index (χ2n) is 10.7. The number of nitrogens with zero attached hydrogens (tertiary/aromatic N) is 1. The van der Waals surface area contributed by atoms with Crippen molar-refractivity contribution in [1.29, 1.82) is 0 Å². The third-order valence-corrected chi connectivity index (χ3v) is 8.10. The molecule has 0 heterocycles. The molecule has 2 N–H and O–H groups in total. The maximum Gasteiger partial charge on any atom is 0.407 e. The van der Waals surface area contributed by atoms with Crippen molar-refractivity contribution in [2.24, 2.45) is 5.92 Å². The maximum atomic E-state index is 13.8. The molecule has 2 aliphatic rings. The second-order valence-corrected chi connectivity index (χ2v) is 10.7. The van der Waals surface area contributed by atoms with Crippen molar-refractivity contribution in [2.45, 2.75) is 57.0 Å². The van der Waals surface area contributed by atoms with E-state index in [4.69, 9.17) is 4.74 Å². The van der Waals surface area contributed by atoms with Crippen LogP contribution in [0.5, 0.6) is 0 Å². The van der Waals surface area contributed by atoms with E-state index in [1.54, 1.807) is 4.90 Å². The minimum Gasteiger partial charge on any atom is -0.481 e. The molecule has 0 bridgehead atoms. The van der Waals surface area contributed by atoms with Crippen molar-refractivity contribution < 1.29 is 24.2 Å². The van der Waals surface area contributed by atoms with Gasteiger partial charge in [0, 0.05) is 25.0 Å². The van der Waals surface area contributed by atoms with E-state index in [1.807, 2.05) is 54.6 Å². The van der Waals surface area contributed by atoms with Gasteiger partial charge in [0.25, 0.3) is 0 Å². The van der Waals surface area contributed by atoms with E-state index in [-0.39, 0.29) is 37.4 Å². The Labute approximate surface area is 235 Å². The van der Waals surface area contributed by atoms with Crippen molar-refractivity contribution in [2.75, 3.05) is 13.2 Å². The molecule has 2 atom stereocenters. The molecule has 0 saturated heterocycles. The average molecular weight is 541 g/mol. The van der Waals surface area contributed by atoms with Crippen LogP contribution < -0.4 is 5.32 Å². The van der Waals surface area contributed by atoms with Crippen LogP contribution in [0.4, 0.5) is 4.79 Å². The number of amides is 2. The number of hydrogen-bond acceptors (Lipinski definition) is 4. The van der Waals surface area contributed by atoms with Gasteiger partial charge >= 0.3 is 12.1 Å². The largest absolute Gasteiger partial charge is 0.481 e. The van der Waals surface area contributed by atoms with Gasteiger partial charge in [-0.25, -0.2) is 4.79 Å². The Bertz CT molecular complexity index is 1300. The van der Waals surface area contributed by atoms with E-state index in [9.17, 15) is 19.5 Å². The number of alkyl carbamates (subject to hydrolysis) is 1. The molecule has 2 amide bonds. The first kappa shape index (κ1) is 27.4. The number of carboxylic acid groups (broad SMARTS) is 1. The number of ether oxygens (including phenoxy) is 1. The fourth-order valence-corrected chi connectivity index (χ4v) is 6.10. The minimum absolute atomic E-state index is 0.0397. The molecule has 0 spiro atoms. The van der Waals surface area contributed by atoms with Gasteiger partial charge in [-0.1, -0.05) is 98.1 Å². The Hall–Kier alpha value is -4.13. The standard InChI is InChI=1S/C33H36N2O5/c36-31(37)19-20-35(21-23-11-3-1-4-12-23)32(38)28-17-5-2-6-18-30(28)34-33(39)40-22-29-26-15-9-7-13-24(26)25-14-8-10-16-27(25)29/h1,3-4,7-16,28-30H,2,5-6,17-22H2,(H,34,39)(H,36,37). The van der Waals surface area contributed by atoms with Crippen LogP contribution >= 0.6 is 0 Å². The van der Waals surface area contributed by atoms with Crippen LogP contribution in [0.2, 0.25) is 0 Å². The van der Waals surface area contributed by atoms with Gasteiger partial charge in [0.15, 0.2) is 0 Å². The van der Waals surface area contributed by atoms with Crippen LogP contribution in [0.3, 0.4) is 0 Å². The summed E-state index contributed by atoms with van der Waals surface area (Å²) in [6, 6.07) is 25.6. The van der Waals surface area contributed by atoms with Gasteiger partial charge in [-0.2, -0.15) is 0 Å².